The molecule has 0 radical (unpaired) electrons. The number of halogens is 1. The Hall–Kier alpha value is -0.160. The molecule has 1 unspecified atom stereocenters. The second-order valence-corrected chi connectivity index (χ2v) is 5.68. The van der Waals surface area contributed by atoms with Gasteiger partial charge in [0, 0.05) is 25.4 Å². The molecule has 1 atom stereocenters. The van der Waals surface area contributed by atoms with Gasteiger partial charge in [-0.1, -0.05) is 0 Å². The van der Waals surface area contributed by atoms with Gasteiger partial charge >= 0.3 is 0 Å². The lowest BCUT2D eigenvalue weighted by atomic mass is 10.1. The van der Waals surface area contributed by atoms with E-state index in [0.717, 1.165) is 0 Å². The summed E-state index contributed by atoms with van der Waals surface area (Å²) >= 11 is 0. The summed E-state index contributed by atoms with van der Waals surface area (Å²) in [5, 5.41) is 0. The van der Waals surface area contributed by atoms with E-state index in [1.165, 1.54) is 6.26 Å². The molecule has 1 aliphatic rings. The molecule has 1 aliphatic heterocycles. The van der Waals surface area contributed by atoms with Crippen LogP contribution in [-0.2, 0) is 9.84 Å². The van der Waals surface area contributed by atoms with E-state index in [1.807, 2.05) is 11.8 Å². The van der Waals surface area contributed by atoms with Crippen molar-refractivity contribution in [3.8, 4) is 0 Å². The standard InChI is InChI=1S/C7H14FNO2S/c1-6(5-12(2,10)11)9-3-7(8)4-9/h6-7H,3-5H2,1-2H3. The van der Waals surface area contributed by atoms with E-state index in [9.17, 15) is 12.8 Å². The number of sulfone groups is 1. The predicted molar refractivity (Wildman–Crippen MR) is 45.6 cm³/mol. The van der Waals surface area contributed by atoms with Gasteiger partial charge in [-0.2, -0.15) is 0 Å². The average Bonchev–Trinajstić information content (AvgIpc) is 1.76. The van der Waals surface area contributed by atoms with Gasteiger partial charge in [0.1, 0.15) is 16.0 Å². The fourth-order valence-electron chi connectivity index (χ4n) is 1.36. The van der Waals surface area contributed by atoms with Gasteiger partial charge in [-0.25, -0.2) is 12.8 Å². The summed E-state index contributed by atoms with van der Waals surface area (Å²) in [5.41, 5.74) is 0. The molecule has 12 heavy (non-hydrogen) atoms. The lowest BCUT2D eigenvalue weighted by Crippen LogP contribution is -2.54. The maximum atomic E-state index is 12.4. The highest BCUT2D eigenvalue weighted by Crippen LogP contribution is 2.15. The zero-order valence-electron chi connectivity index (χ0n) is 7.33. The fourth-order valence-corrected chi connectivity index (χ4v) is 2.45. The summed E-state index contributed by atoms with van der Waals surface area (Å²) in [5.74, 6) is 0.125. The first-order valence-corrected chi connectivity index (χ1v) is 6.00. The van der Waals surface area contributed by atoms with Crippen LogP contribution in [0.1, 0.15) is 6.92 Å². The molecule has 0 saturated carbocycles. The van der Waals surface area contributed by atoms with Crippen LogP contribution in [0.2, 0.25) is 0 Å². The van der Waals surface area contributed by atoms with E-state index in [1.54, 1.807) is 0 Å². The molecule has 0 aromatic rings. The summed E-state index contributed by atoms with van der Waals surface area (Å²) in [6.07, 6.45) is 0.447. The Bertz CT molecular complexity index is 246. The molecule has 0 spiro atoms. The third-order valence-electron chi connectivity index (χ3n) is 2.03. The second-order valence-electron chi connectivity index (χ2n) is 3.49. The van der Waals surface area contributed by atoms with Gasteiger partial charge in [-0.3, -0.25) is 4.90 Å². The Morgan fingerprint density at radius 2 is 2.08 bits per heavy atom. The van der Waals surface area contributed by atoms with Gasteiger partial charge in [-0.05, 0) is 6.92 Å². The third-order valence-corrected chi connectivity index (χ3v) is 3.12. The highest BCUT2D eigenvalue weighted by atomic mass is 32.2. The van der Waals surface area contributed by atoms with Gasteiger partial charge in [0.15, 0.2) is 0 Å². The van der Waals surface area contributed by atoms with Gasteiger partial charge < -0.3 is 0 Å². The van der Waals surface area contributed by atoms with Gasteiger partial charge in [0.2, 0.25) is 0 Å². The van der Waals surface area contributed by atoms with Crippen LogP contribution < -0.4 is 0 Å². The van der Waals surface area contributed by atoms with Crippen molar-refractivity contribution < 1.29 is 12.8 Å². The molecule has 0 amide bonds. The van der Waals surface area contributed by atoms with Crippen molar-refractivity contribution >= 4 is 9.84 Å². The molecule has 1 fully saturated rings. The van der Waals surface area contributed by atoms with Crippen molar-refractivity contribution in [1.29, 1.82) is 0 Å². The zero-order valence-corrected chi connectivity index (χ0v) is 8.14. The van der Waals surface area contributed by atoms with Crippen LogP contribution >= 0.6 is 0 Å². The van der Waals surface area contributed by atoms with E-state index in [-0.39, 0.29) is 11.8 Å². The Labute approximate surface area is 72.5 Å². The smallest absolute Gasteiger partial charge is 0.148 e. The quantitative estimate of drug-likeness (QED) is 0.639. The molecule has 3 nitrogen and oxygen atoms in total. The third kappa shape index (κ3) is 2.71. The second kappa shape index (κ2) is 3.30. The van der Waals surface area contributed by atoms with Gasteiger partial charge in [0.25, 0.3) is 0 Å². The molecule has 5 heteroatoms. The molecular formula is C7H14FNO2S. The van der Waals surface area contributed by atoms with Crippen LogP contribution in [0, 0.1) is 0 Å². The zero-order chi connectivity index (χ0) is 9.35. The van der Waals surface area contributed by atoms with Crippen molar-refractivity contribution in [1.82, 2.24) is 4.90 Å². The average molecular weight is 195 g/mol. The molecule has 0 aromatic heterocycles. The molecule has 0 aromatic carbocycles. The van der Waals surface area contributed by atoms with Crippen molar-refractivity contribution in [2.45, 2.75) is 19.1 Å². The minimum absolute atomic E-state index is 0.0491. The van der Waals surface area contributed by atoms with Crippen LogP contribution in [0.15, 0.2) is 0 Å². The molecule has 72 valence electrons. The van der Waals surface area contributed by atoms with Crippen LogP contribution in [0.4, 0.5) is 4.39 Å². The summed E-state index contributed by atoms with van der Waals surface area (Å²) < 4.78 is 34.1. The topological polar surface area (TPSA) is 37.4 Å². The van der Waals surface area contributed by atoms with Gasteiger partial charge in [0.05, 0.1) is 5.75 Å². The number of hydrogen-bond acceptors (Lipinski definition) is 3. The minimum Gasteiger partial charge on any atom is -0.294 e. The molecule has 0 bridgehead atoms. The van der Waals surface area contributed by atoms with Crippen LogP contribution in [0.25, 0.3) is 0 Å². The SMILES string of the molecule is CC(CS(C)(=O)=O)N1CC(F)C1. The first-order valence-electron chi connectivity index (χ1n) is 3.94. The number of likely N-dealkylation sites (tertiary alicyclic amines) is 1. The number of rotatable bonds is 3. The summed E-state index contributed by atoms with van der Waals surface area (Å²) in [4.78, 5) is 1.84. The predicted octanol–water partition coefficient (Wildman–Crippen LogP) is 0.0732. The number of nitrogens with zero attached hydrogens (tertiary/aromatic N) is 1. The van der Waals surface area contributed by atoms with E-state index in [2.05, 4.69) is 0 Å². The van der Waals surface area contributed by atoms with E-state index < -0.39 is 16.0 Å². The van der Waals surface area contributed by atoms with E-state index in [4.69, 9.17) is 0 Å². The van der Waals surface area contributed by atoms with Crippen LogP contribution in [-0.4, -0.2) is 50.6 Å². The minimum atomic E-state index is -2.93. The van der Waals surface area contributed by atoms with Crippen LogP contribution in [0.3, 0.4) is 0 Å². The van der Waals surface area contributed by atoms with Crippen LogP contribution in [0.5, 0.6) is 0 Å². The molecule has 1 rings (SSSR count). The number of hydrogen-bond donors (Lipinski definition) is 0. The van der Waals surface area contributed by atoms with E-state index in [0.29, 0.717) is 13.1 Å². The van der Waals surface area contributed by atoms with Crippen molar-refractivity contribution in [3.05, 3.63) is 0 Å². The Balaban J connectivity index is 2.35. The first-order chi connectivity index (χ1) is 5.38. The van der Waals surface area contributed by atoms with Crippen molar-refractivity contribution in [3.63, 3.8) is 0 Å². The highest BCUT2D eigenvalue weighted by molar-refractivity contribution is 7.90. The van der Waals surface area contributed by atoms with E-state index >= 15 is 0 Å². The van der Waals surface area contributed by atoms with Gasteiger partial charge in [-0.15, -0.1) is 0 Å². The Morgan fingerprint density at radius 3 is 2.42 bits per heavy atom. The Kier molecular flexibility index (Phi) is 2.73. The monoisotopic (exact) mass is 195 g/mol. The lowest BCUT2D eigenvalue weighted by Gasteiger charge is -2.38. The highest BCUT2D eigenvalue weighted by Gasteiger charge is 2.31. The summed E-state index contributed by atoms with van der Waals surface area (Å²) in [7, 11) is -2.93. The van der Waals surface area contributed by atoms with Crippen molar-refractivity contribution in [2.24, 2.45) is 0 Å². The molecular weight excluding hydrogens is 181 g/mol. The molecule has 1 saturated heterocycles. The number of alkyl halides is 1. The largest absolute Gasteiger partial charge is 0.294 e. The maximum Gasteiger partial charge on any atom is 0.148 e. The fraction of sp³-hybridized carbons (Fsp3) is 1.00. The molecule has 0 N–H and O–H groups in total. The first kappa shape index (κ1) is 9.92. The van der Waals surface area contributed by atoms with Crippen molar-refractivity contribution in [2.75, 3.05) is 25.1 Å². The summed E-state index contributed by atoms with van der Waals surface area (Å²) in [6.45, 7) is 2.58. The normalized spacial score (nSPS) is 23.6. The Morgan fingerprint density at radius 1 is 1.58 bits per heavy atom. The summed E-state index contributed by atoms with van der Waals surface area (Å²) in [6, 6.07) is -0.0491. The maximum absolute atomic E-state index is 12.4. The molecule has 0 aliphatic carbocycles. The lowest BCUT2D eigenvalue weighted by molar-refractivity contribution is 0.0408. The molecule has 1 heterocycles.